The first kappa shape index (κ1) is 20.6. The van der Waals surface area contributed by atoms with Crippen molar-refractivity contribution in [1.82, 2.24) is 0 Å². The molecule has 108 valence electrons. The second-order valence-electron chi connectivity index (χ2n) is 4.79. The predicted molar refractivity (Wildman–Crippen MR) is 78.1 cm³/mol. The van der Waals surface area contributed by atoms with Crippen molar-refractivity contribution < 1.29 is 48.8 Å². The van der Waals surface area contributed by atoms with Crippen molar-refractivity contribution in [3.8, 4) is 0 Å². The molecule has 0 aliphatic carbocycles. The topological polar surface area (TPSA) is 77.8 Å². The van der Waals surface area contributed by atoms with Gasteiger partial charge in [0, 0.05) is 0 Å². The molecule has 0 saturated carbocycles. The van der Waals surface area contributed by atoms with E-state index in [-0.39, 0.29) is 35.0 Å². The Hall–Kier alpha value is -0.450. The summed E-state index contributed by atoms with van der Waals surface area (Å²) in [5.74, 6) is 0. The van der Waals surface area contributed by atoms with Crippen molar-refractivity contribution >= 4 is 7.82 Å². The summed E-state index contributed by atoms with van der Waals surface area (Å²) >= 11 is 0. The van der Waals surface area contributed by atoms with Crippen molar-refractivity contribution in [1.29, 1.82) is 0 Å². The molecule has 0 radical (unpaired) electrons. The summed E-state index contributed by atoms with van der Waals surface area (Å²) in [5.41, 5.74) is 2.74. The summed E-state index contributed by atoms with van der Waals surface area (Å²) in [7, 11) is -4.64. The first-order valence-electron chi connectivity index (χ1n) is 6.01. The maximum Gasteiger partial charge on any atom is 1.00 e. The molecule has 21 heavy (non-hydrogen) atoms. The summed E-state index contributed by atoms with van der Waals surface area (Å²) in [6.45, 7) is 4.50. The van der Waals surface area contributed by atoms with Crippen LogP contribution in [0.4, 0.5) is 0 Å². The zero-order valence-corrected chi connectivity index (χ0v) is 15.3. The van der Waals surface area contributed by atoms with Gasteiger partial charge in [0.15, 0.2) is 0 Å². The molecule has 0 amide bonds. The monoisotopic (exact) mass is 316 g/mol. The molecular weight excluding hydrogens is 298 g/mol. The largest absolute Gasteiger partial charge is 1.00 e. The van der Waals surface area contributed by atoms with E-state index in [4.69, 9.17) is 19.2 Å². The molecule has 2 rings (SSSR count). The van der Waals surface area contributed by atoms with Crippen LogP contribution in [0.1, 0.15) is 25.0 Å². The van der Waals surface area contributed by atoms with Gasteiger partial charge < -0.3 is 14.7 Å². The van der Waals surface area contributed by atoms with E-state index in [2.05, 4.69) is 62.4 Å². The van der Waals surface area contributed by atoms with Crippen LogP contribution >= 0.6 is 7.82 Å². The average molecular weight is 316 g/mol. The molecule has 0 saturated heterocycles. The molecule has 4 nitrogen and oxygen atoms in total. The van der Waals surface area contributed by atoms with Gasteiger partial charge in [0.25, 0.3) is 0 Å². The molecular formula is C15H18NaO4P. The van der Waals surface area contributed by atoms with Crippen LogP contribution in [0.15, 0.2) is 54.6 Å². The predicted octanol–water partition coefficient (Wildman–Crippen LogP) is -0.112. The first-order chi connectivity index (χ1) is 9.21. The smallest absolute Gasteiger partial charge is 0.303 e. The normalized spacial score (nSPS) is 10.9. The SMILES string of the molecule is CC(C)(c1cc[c-]cc1)c1ccccc1.O=P(O)(O)O.[Na+]. The maximum absolute atomic E-state index is 8.88. The van der Waals surface area contributed by atoms with Gasteiger partial charge >= 0.3 is 37.4 Å². The van der Waals surface area contributed by atoms with E-state index < -0.39 is 7.82 Å². The fraction of sp³-hybridized carbons (Fsp3) is 0.200. The van der Waals surface area contributed by atoms with Crippen LogP contribution in [0, 0.1) is 6.07 Å². The molecule has 0 atom stereocenters. The minimum absolute atomic E-state index is 0. The van der Waals surface area contributed by atoms with Crippen LogP contribution in [0.3, 0.4) is 0 Å². The zero-order valence-electron chi connectivity index (χ0n) is 12.4. The molecule has 0 aliphatic rings. The van der Waals surface area contributed by atoms with E-state index in [1.165, 1.54) is 11.1 Å². The first-order valence-corrected chi connectivity index (χ1v) is 7.58. The van der Waals surface area contributed by atoms with Gasteiger partial charge in [-0.3, -0.25) is 0 Å². The second-order valence-corrected chi connectivity index (χ2v) is 5.82. The van der Waals surface area contributed by atoms with Crippen molar-refractivity contribution in [3.05, 3.63) is 71.8 Å². The van der Waals surface area contributed by atoms with Crippen LogP contribution < -0.4 is 29.6 Å². The van der Waals surface area contributed by atoms with Crippen molar-refractivity contribution in [3.63, 3.8) is 0 Å². The van der Waals surface area contributed by atoms with Crippen molar-refractivity contribution in [2.24, 2.45) is 0 Å². The minimum Gasteiger partial charge on any atom is -0.303 e. The second kappa shape index (κ2) is 8.86. The Morgan fingerprint density at radius 2 is 1.29 bits per heavy atom. The van der Waals surface area contributed by atoms with Crippen molar-refractivity contribution in [2.75, 3.05) is 0 Å². The van der Waals surface area contributed by atoms with E-state index >= 15 is 0 Å². The van der Waals surface area contributed by atoms with Crippen LogP contribution in [0.2, 0.25) is 0 Å². The molecule has 0 fully saturated rings. The summed E-state index contributed by atoms with van der Waals surface area (Å²) in [4.78, 5) is 21.6. The standard InChI is InChI=1S/C15H15.Na.H3O4P/c1-15(2,13-9-5-3-6-10-13)14-11-7-4-8-12-14;;1-5(2,3)4/h3,5-12H,1-2H3;;(H3,1,2,3,4)/q-1;+1;. The van der Waals surface area contributed by atoms with E-state index in [1.54, 1.807) is 0 Å². The molecule has 0 heterocycles. The number of benzene rings is 2. The molecule has 0 bridgehead atoms. The third kappa shape index (κ3) is 7.93. The molecule has 2 aromatic rings. The Morgan fingerprint density at radius 1 is 0.905 bits per heavy atom. The molecule has 2 aromatic carbocycles. The fourth-order valence-electron chi connectivity index (χ4n) is 1.83. The Kier molecular flexibility index (Phi) is 8.67. The summed E-state index contributed by atoms with van der Waals surface area (Å²) in [6, 6.07) is 21.9. The third-order valence-electron chi connectivity index (χ3n) is 2.94. The zero-order chi connectivity index (χ0) is 15.2. The number of phosphoric acid groups is 1. The Bertz CT molecular complexity index is 517. The molecule has 0 spiro atoms. The molecule has 3 N–H and O–H groups in total. The number of rotatable bonds is 2. The van der Waals surface area contributed by atoms with Gasteiger partial charge in [-0.2, -0.15) is 30.3 Å². The third-order valence-corrected chi connectivity index (χ3v) is 2.94. The maximum atomic E-state index is 8.88. The van der Waals surface area contributed by atoms with Crippen LogP contribution in [0.25, 0.3) is 0 Å². The molecule has 0 aliphatic heterocycles. The van der Waals surface area contributed by atoms with Crippen molar-refractivity contribution in [2.45, 2.75) is 19.3 Å². The molecule has 0 aromatic heterocycles. The Morgan fingerprint density at radius 3 is 1.71 bits per heavy atom. The average Bonchev–Trinajstić information content (AvgIpc) is 2.39. The van der Waals surface area contributed by atoms with Crippen LogP contribution in [-0.2, 0) is 9.98 Å². The molecule has 0 unspecified atom stereocenters. The fourth-order valence-corrected chi connectivity index (χ4v) is 1.83. The van der Waals surface area contributed by atoms with E-state index in [1.807, 2.05) is 12.1 Å². The van der Waals surface area contributed by atoms with Gasteiger partial charge in [0.2, 0.25) is 0 Å². The van der Waals surface area contributed by atoms with Gasteiger partial charge in [-0.15, -0.1) is 5.56 Å². The number of hydrogen-bond acceptors (Lipinski definition) is 1. The molecule has 6 heteroatoms. The van der Waals surface area contributed by atoms with E-state index in [0.717, 1.165) is 0 Å². The van der Waals surface area contributed by atoms with Crippen LogP contribution in [-0.4, -0.2) is 14.7 Å². The summed E-state index contributed by atoms with van der Waals surface area (Å²) in [5, 5.41) is 0. The summed E-state index contributed by atoms with van der Waals surface area (Å²) < 4.78 is 8.88. The summed E-state index contributed by atoms with van der Waals surface area (Å²) in [6.07, 6.45) is 0. The van der Waals surface area contributed by atoms with E-state index in [0.29, 0.717) is 0 Å². The minimum atomic E-state index is -4.64. The quantitative estimate of drug-likeness (QED) is 0.410. The van der Waals surface area contributed by atoms with Gasteiger partial charge in [0.1, 0.15) is 0 Å². The Balaban J connectivity index is 0.000000583. The van der Waals surface area contributed by atoms with Gasteiger partial charge in [0.05, 0.1) is 0 Å². The Labute approximate surface area is 147 Å². The van der Waals surface area contributed by atoms with Gasteiger partial charge in [-0.25, -0.2) is 4.57 Å². The van der Waals surface area contributed by atoms with E-state index in [9.17, 15) is 0 Å². The van der Waals surface area contributed by atoms with Gasteiger partial charge in [-0.1, -0.05) is 44.2 Å². The van der Waals surface area contributed by atoms with Gasteiger partial charge in [-0.05, 0) is 11.0 Å². The van der Waals surface area contributed by atoms with Crippen LogP contribution in [0.5, 0.6) is 0 Å². The number of hydrogen-bond donors (Lipinski definition) is 3.